The number of piperazine rings is 1. The fourth-order valence-electron chi connectivity index (χ4n) is 4.31. The number of rotatable bonds is 6. The zero-order chi connectivity index (χ0) is 23.6. The van der Waals surface area contributed by atoms with E-state index in [0.717, 1.165) is 5.39 Å². The highest BCUT2D eigenvalue weighted by Crippen LogP contribution is 2.36. The molecule has 0 aliphatic carbocycles. The number of anilines is 1. The van der Waals surface area contributed by atoms with Crippen molar-refractivity contribution in [2.75, 3.05) is 38.7 Å². The molecule has 3 aromatic rings. The van der Waals surface area contributed by atoms with Crippen LogP contribution in [0.3, 0.4) is 0 Å². The van der Waals surface area contributed by atoms with Crippen LogP contribution < -0.4 is 10.9 Å². The maximum Gasteiger partial charge on any atom is 0.338 e. The molecule has 1 atom stereocenters. The number of halogens is 2. The molecule has 1 saturated heterocycles. The molecule has 1 fully saturated rings. The standard InChI is InChI=1S/C24H24Cl2N4O3/c1-29-9-11-30(12-10-29)24(23(32)33,21-8-4-6-16-5-2-3-7-20(16)21)22(31)28-27-19-14-17(25)13-18(26)15-19/h2-8,13-15,27H,9-12H2,1H3,(H,28,31)(H,32,33). The summed E-state index contributed by atoms with van der Waals surface area (Å²) in [5.41, 5.74) is 4.30. The Hall–Kier alpha value is -2.84. The van der Waals surface area contributed by atoms with Gasteiger partial charge in [-0.25, -0.2) is 4.79 Å². The highest BCUT2D eigenvalue weighted by molar-refractivity contribution is 6.35. The molecule has 1 heterocycles. The lowest BCUT2D eigenvalue weighted by atomic mass is 9.83. The van der Waals surface area contributed by atoms with Gasteiger partial charge >= 0.3 is 5.97 Å². The Morgan fingerprint density at radius 2 is 1.58 bits per heavy atom. The van der Waals surface area contributed by atoms with Crippen molar-refractivity contribution in [3.8, 4) is 0 Å². The molecule has 0 aromatic heterocycles. The first kappa shape index (κ1) is 23.3. The van der Waals surface area contributed by atoms with Crippen molar-refractivity contribution in [3.05, 3.63) is 76.3 Å². The van der Waals surface area contributed by atoms with E-state index in [9.17, 15) is 14.7 Å². The summed E-state index contributed by atoms with van der Waals surface area (Å²) in [7, 11) is 1.97. The normalized spacial score (nSPS) is 16.8. The van der Waals surface area contributed by atoms with E-state index >= 15 is 0 Å². The molecule has 33 heavy (non-hydrogen) atoms. The monoisotopic (exact) mass is 486 g/mol. The van der Waals surface area contributed by atoms with E-state index < -0.39 is 17.4 Å². The zero-order valence-electron chi connectivity index (χ0n) is 18.0. The third kappa shape index (κ3) is 4.50. The van der Waals surface area contributed by atoms with Crippen molar-refractivity contribution in [3.63, 3.8) is 0 Å². The number of fused-ring (bicyclic) bond motifs is 1. The fraction of sp³-hybridized carbons (Fsp3) is 0.250. The first-order valence-electron chi connectivity index (χ1n) is 10.5. The molecule has 3 aromatic carbocycles. The van der Waals surface area contributed by atoms with Crippen LogP contribution in [0.4, 0.5) is 5.69 Å². The minimum Gasteiger partial charge on any atom is -0.479 e. The molecule has 0 radical (unpaired) electrons. The van der Waals surface area contributed by atoms with Gasteiger partial charge in [0, 0.05) is 41.8 Å². The van der Waals surface area contributed by atoms with Gasteiger partial charge in [-0.3, -0.25) is 20.5 Å². The molecule has 1 unspecified atom stereocenters. The molecule has 1 aliphatic heterocycles. The van der Waals surface area contributed by atoms with Crippen molar-refractivity contribution in [1.29, 1.82) is 0 Å². The number of hydrogen-bond donors (Lipinski definition) is 3. The van der Waals surface area contributed by atoms with Gasteiger partial charge in [0.1, 0.15) is 0 Å². The second-order valence-electron chi connectivity index (χ2n) is 8.07. The Morgan fingerprint density at radius 3 is 2.24 bits per heavy atom. The smallest absolute Gasteiger partial charge is 0.338 e. The highest BCUT2D eigenvalue weighted by Gasteiger charge is 2.54. The van der Waals surface area contributed by atoms with E-state index in [2.05, 4.69) is 15.8 Å². The van der Waals surface area contributed by atoms with Crippen LogP contribution in [0, 0.1) is 0 Å². The summed E-state index contributed by atoms with van der Waals surface area (Å²) >= 11 is 12.1. The van der Waals surface area contributed by atoms with Gasteiger partial charge in [0.05, 0.1) is 5.69 Å². The number of aliphatic carboxylic acids is 1. The Balaban J connectivity index is 1.80. The average molecular weight is 487 g/mol. The first-order chi connectivity index (χ1) is 15.8. The number of hydrogen-bond acceptors (Lipinski definition) is 5. The molecule has 172 valence electrons. The number of nitrogens with zero attached hydrogens (tertiary/aromatic N) is 2. The minimum absolute atomic E-state index is 0.386. The average Bonchev–Trinajstić information content (AvgIpc) is 2.78. The van der Waals surface area contributed by atoms with E-state index in [1.807, 2.05) is 37.4 Å². The lowest BCUT2D eigenvalue weighted by molar-refractivity contribution is -0.161. The van der Waals surface area contributed by atoms with E-state index in [0.29, 0.717) is 52.9 Å². The van der Waals surface area contributed by atoms with Crippen LogP contribution in [-0.4, -0.2) is 60.0 Å². The van der Waals surface area contributed by atoms with Crippen LogP contribution in [-0.2, 0) is 15.1 Å². The van der Waals surface area contributed by atoms with Crippen LogP contribution in [0.15, 0.2) is 60.7 Å². The predicted molar refractivity (Wildman–Crippen MR) is 131 cm³/mol. The number of carbonyl (C=O) groups excluding carboxylic acids is 1. The van der Waals surface area contributed by atoms with Crippen molar-refractivity contribution in [2.24, 2.45) is 0 Å². The highest BCUT2D eigenvalue weighted by atomic mass is 35.5. The van der Waals surface area contributed by atoms with Gasteiger partial charge in [0.25, 0.3) is 5.91 Å². The molecule has 7 nitrogen and oxygen atoms in total. The number of likely N-dealkylation sites (N-methyl/N-ethyl adjacent to an activating group) is 1. The summed E-state index contributed by atoms with van der Waals surface area (Å²) in [6.45, 7) is 2.12. The molecule has 1 aliphatic rings. The fourth-order valence-corrected chi connectivity index (χ4v) is 4.84. The van der Waals surface area contributed by atoms with Crippen molar-refractivity contribution < 1.29 is 14.7 Å². The molecule has 4 rings (SSSR count). The summed E-state index contributed by atoms with van der Waals surface area (Å²) in [5.74, 6) is -1.95. The lowest BCUT2D eigenvalue weighted by Gasteiger charge is -2.43. The summed E-state index contributed by atoms with van der Waals surface area (Å²) in [4.78, 5) is 30.7. The number of benzene rings is 3. The molecular formula is C24H24Cl2N4O3. The van der Waals surface area contributed by atoms with Gasteiger partial charge in [0.15, 0.2) is 0 Å². The molecule has 9 heteroatoms. The first-order valence-corrected chi connectivity index (χ1v) is 11.3. The Labute approximate surface area is 201 Å². The summed E-state index contributed by atoms with van der Waals surface area (Å²) < 4.78 is 0. The molecule has 0 spiro atoms. The Morgan fingerprint density at radius 1 is 0.939 bits per heavy atom. The number of carboxylic acid groups (broad SMARTS) is 1. The summed E-state index contributed by atoms with van der Waals surface area (Å²) in [6.07, 6.45) is 0. The van der Waals surface area contributed by atoms with Crippen LogP contribution in [0.2, 0.25) is 10.0 Å². The molecular weight excluding hydrogens is 463 g/mol. The second kappa shape index (κ2) is 9.57. The maximum absolute atomic E-state index is 13.8. The number of nitrogens with one attached hydrogen (secondary N) is 2. The molecule has 0 bridgehead atoms. The topological polar surface area (TPSA) is 84.9 Å². The van der Waals surface area contributed by atoms with Gasteiger partial charge in [-0.2, -0.15) is 0 Å². The molecule has 1 amide bonds. The number of hydrazine groups is 1. The van der Waals surface area contributed by atoms with Crippen LogP contribution in [0.1, 0.15) is 5.56 Å². The number of amides is 1. The predicted octanol–water partition coefficient (Wildman–Crippen LogP) is 3.82. The maximum atomic E-state index is 13.8. The van der Waals surface area contributed by atoms with Gasteiger partial charge < -0.3 is 10.0 Å². The molecule has 0 saturated carbocycles. The van der Waals surface area contributed by atoms with Gasteiger partial charge in [-0.05, 0) is 36.0 Å². The zero-order valence-corrected chi connectivity index (χ0v) is 19.5. The van der Waals surface area contributed by atoms with E-state index in [1.54, 1.807) is 35.2 Å². The van der Waals surface area contributed by atoms with Crippen molar-refractivity contribution in [2.45, 2.75) is 5.54 Å². The largest absolute Gasteiger partial charge is 0.479 e. The Bertz CT molecular complexity index is 1170. The number of carbonyl (C=O) groups is 2. The van der Waals surface area contributed by atoms with Crippen LogP contribution in [0.25, 0.3) is 10.8 Å². The Kier molecular flexibility index (Phi) is 6.76. The van der Waals surface area contributed by atoms with E-state index in [-0.39, 0.29) is 0 Å². The van der Waals surface area contributed by atoms with Crippen molar-refractivity contribution >= 4 is 51.5 Å². The quantitative estimate of drug-likeness (QED) is 0.362. The van der Waals surface area contributed by atoms with Gasteiger partial charge in [-0.15, -0.1) is 0 Å². The lowest BCUT2D eigenvalue weighted by Crippen LogP contribution is -2.65. The van der Waals surface area contributed by atoms with E-state index in [4.69, 9.17) is 23.2 Å². The summed E-state index contributed by atoms with van der Waals surface area (Å²) in [6, 6.07) is 17.6. The van der Waals surface area contributed by atoms with Crippen molar-refractivity contribution in [1.82, 2.24) is 15.2 Å². The van der Waals surface area contributed by atoms with Gasteiger partial charge in [0.2, 0.25) is 5.54 Å². The number of carboxylic acids is 1. The SMILES string of the molecule is CN1CCN(C(C(=O)O)(C(=O)NNc2cc(Cl)cc(Cl)c2)c2cccc3ccccc23)CC1. The third-order valence-corrected chi connectivity index (χ3v) is 6.41. The minimum atomic E-state index is -1.95. The summed E-state index contributed by atoms with van der Waals surface area (Å²) in [5, 5.41) is 13.0. The van der Waals surface area contributed by atoms with E-state index in [1.165, 1.54) is 0 Å². The second-order valence-corrected chi connectivity index (χ2v) is 8.94. The molecule has 3 N–H and O–H groups in total. The third-order valence-electron chi connectivity index (χ3n) is 5.98. The van der Waals surface area contributed by atoms with Crippen LogP contribution >= 0.6 is 23.2 Å². The van der Waals surface area contributed by atoms with Crippen LogP contribution in [0.5, 0.6) is 0 Å². The van der Waals surface area contributed by atoms with Gasteiger partial charge in [-0.1, -0.05) is 65.7 Å².